The SMILES string of the molecule is CC(C)(C)c1ccc(-c2cc(Cn3ncnc3-c3[c-]cc(F)cc3F)cc(-c3ccc(C(C)(C)C)cc3)c2)cc1.CC(C)Cn1nc(Br)nc1-c1[c-]cc(F)cc1F.CCCc1nc(-c2[c-]cc(F)cc2F)n(C)n1.[Ir].[Ir].[Ir]. The number of rotatable bonds is 11. The van der Waals surface area contributed by atoms with E-state index in [-0.39, 0.29) is 87.8 Å². The molecule has 0 bridgehead atoms. The van der Waals surface area contributed by atoms with Gasteiger partial charge < -0.3 is 0 Å². The molecule has 0 fully saturated rings. The number of aryl methyl sites for hydroxylation is 2. The molecule has 0 aliphatic heterocycles. The van der Waals surface area contributed by atoms with Gasteiger partial charge in [0.15, 0.2) is 0 Å². The largest absolute Gasteiger partial charge is 0.289 e. The molecule has 3 heterocycles. The molecule has 6 aromatic carbocycles. The molecule has 0 atom stereocenters. The number of hydrogen-bond donors (Lipinski definition) is 0. The normalized spacial score (nSPS) is 11.2. The van der Waals surface area contributed by atoms with Crippen LogP contribution in [-0.2, 0) is 97.7 Å². The van der Waals surface area contributed by atoms with E-state index in [4.69, 9.17) is 0 Å². The average Bonchev–Trinajstić information content (AvgIpc) is 4.06. The number of hydrogen-bond acceptors (Lipinski definition) is 6. The first-order valence-electron chi connectivity index (χ1n) is 24.3. The molecule has 19 heteroatoms. The molecule has 0 spiro atoms. The molecule has 9 rings (SSSR count). The van der Waals surface area contributed by atoms with Gasteiger partial charge in [0.05, 0.1) is 24.0 Å². The molecule has 0 amide bonds. The molecule has 0 N–H and O–H groups in total. The first kappa shape index (κ1) is 65.3. The molecule has 0 saturated carbocycles. The van der Waals surface area contributed by atoms with Crippen LogP contribution in [0, 0.1) is 59.0 Å². The van der Waals surface area contributed by atoms with Crippen LogP contribution in [0.5, 0.6) is 0 Å². The van der Waals surface area contributed by atoms with Crippen LogP contribution in [0.3, 0.4) is 0 Å². The van der Waals surface area contributed by atoms with Crippen molar-refractivity contribution in [2.24, 2.45) is 13.0 Å². The zero-order valence-electron chi connectivity index (χ0n) is 44.5. The Labute approximate surface area is 501 Å². The number of halogens is 7. The van der Waals surface area contributed by atoms with Crippen molar-refractivity contribution in [3.8, 4) is 56.4 Å². The Bertz CT molecular complexity index is 3330. The summed E-state index contributed by atoms with van der Waals surface area (Å²) < 4.78 is 86.0. The van der Waals surface area contributed by atoms with Crippen LogP contribution in [-0.4, -0.2) is 44.3 Å². The van der Waals surface area contributed by atoms with Gasteiger partial charge in [0, 0.05) is 115 Å². The summed E-state index contributed by atoms with van der Waals surface area (Å²) in [5.74, 6) is -2.09. The molecular weight excluding hydrogens is 1610 g/mol. The summed E-state index contributed by atoms with van der Waals surface area (Å²) in [4.78, 5) is 12.6. The molecule has 9 nitrogen and oxygen atoms in total. The number of aromatic nitrogens is 9. The van der Waals surface area contributed by atoms with E-state index in [1.807, 2.05) is 20.8 Å². The fourth-order valence-corrected chi connectivity index (χ4v) is 8.35. The Morgan fingerprint density at radius 3 is 1.44 bits per heavy atom. The van der Waals surface area contributed by atoms with Crippen LogP contribution in [0.2, 0.25) is 0 Å². The van der Waals surface area contributed by atoms with E-state index in [0.29, 0.717) is 47.0 Å². The second-order valence-corrected chi connectivity index (χ2v) is 21.2. The van der Waals surface area contributed by atoms with Crippen LogP contribution in [0.4, 0.5) is 26.3 Å². The maximum absolute atomic E-state index is 14.6. The van der Waals surface area contributed by atoms with Crippen molar-refractivity contribution in [3.63, 3.8) is 0 Å². The molecule has 0 saturated heterocycles. The van der Waals surface area contributed by atoms with Crippen molar-refractivity contribution in [2.75, 3.05) is 0 Å². The van der Waals surface area contributed by atoms with Gasteiger partial charge in [-0.25, -0.2) is 0 Å². The molecule has 0 aliphatic carbocycles. The van der Waals surface area contributed by atoms with Crippen molar-refractivity contribution >= 4 is 15.9 Å². The smallest absolute Gasteiger partial charge is 0.207 e. The van der Waals surface area contributed by atoms with E-state index in [2.05, 4.69) is 173 Å². The maximum atomic E-state index is 14.6. The summed E-state index contributed by atoms with van der Waals surface area (Å²) in [6, 6.07) is 37.4. The maximum Gasteiger partial charge on any atom is 0.207 e. The minimum absolute atomic E-state index is 0. The zero-order chi connectivity index (χ0) is 54.4. The summed E-state index contributed by atoms with van der Waals surface area (Å²) in [7, 11) is 1.68. The van der Waals surface area contributed by atoms with Gasteiger partial charge >= 0.3 is 0 Å². The number of benzene rings is 6. The van der Waals surface area contributed by atoms with E-state index >= 15 is 0 Å². The van der Waals surface area contributed by atoms with Crippen molar-refractivity contribution in [1.29, 1.82) is 0 Å². The van der Waals surface area contributed by atoms with Gasteiger partial charge in [0.1, 0.15) is 12.2 Å². The molecule has 78 heavy (non-hydrogen) atoms. The van der Waals surface area contributed by atoms with Crippen LogP contribution < -0.4 is 0 Å². The zero-order valence-corrected chi connectivity index (χ0v) is 53.2. The summed E-state index contributed by atoms with van der Waals surface area (Å²) >= 11 is 3.16. The Kier molecular flexibility index (Phi) is 23.6. The first-order valence-corrected chi connectivity index (χ1v) is 25.1. The quantitative estimate of drug-likeness (QED) is 0.0946. The summed E-state index contributed by atoms with van der Waals surface area (Å²) in [6.45, 7) is 20.3. The third-order valence-corrected chi connectivity index (χ3v) is 12.2. The third-order valence-electron chi connectivity index (χ3n) is 11.8. The fraction of sp³-hybridized carbons (Fsp3) is 0.288. The van der Waals surface area contributed by atoms with Crippen LogP contribution in [0.15, 0.2) is 114 Å². The van der Waals surface area contributed by atoms with Crippen molar-refractivity contribution in [2.45, 2.75) is 99.1 Å². The Balaban J connectivity index is 0.000000287. The van der Waals surface area contributed by atoms with Crippen LogP contribution >= 0.6 is 15.9 Å². The Hall–Kier alpha value is -5.25. The molecule has 3 radical (unpaired) electrons. The first-order chi connectivity index (χ1) is 35.5. The second kappa shape index (κ2) is 28.3. The van der Waals surface area contributed by atoms with Crippen molar-refractivity contribution in [1.82, 2.24) is 44.3 Å². The molecule has 417 valence electrons. The minimum Gasteiger partial charge on any atom is -0.289 e. The van der Waals surface area contributed by atoms with E-state index in [1.165, 1.54) is 22.1 Å². The van der Waals surface area contributed by atoms with E-state index in [9.17, 15) is 26.3 Å². The van der Waals surface area contributed by atoms with Gasteiger partial charge in [-0.15, -0.1) is 36.4 Å². The van der Waals surface area contributed by atoms with Crippen LogP contribution in [0.1, 0.15) is 91.2 Å². The van der Waals surface area contributed by atoms with Gasteiger partial charge in [-0.3, -0.25) is 55.3 Å². The molecular formula is C59H57BrF6Ir3N9-3. The van der Waals surface area contributed by atoms with Crippen molar-refractivity contribution < 1.29 is 86.7 Å². The second-order valence-electron chi connectivity index (χ2n) is 20.4. The Morgan fingerprint density at radius 1 is 0.564 bits per heavy atom. The van der Waals surface area contributed by atoms with E-state index < -0.39 is 34.9 Å². The fourth-order valence-electron chi connectivity index (χ4n) is 7.99. The molecule has 3 aromatic heterocycles. The summed E-state index contributed by atoms with van der Waals surface area (Å²) in [5.41, 5.74) is 8.39. The minimum atomic E-state index is -0.721. The van der Waals surface area contributed by atoms with Gasteiger partial charge in [-0.1, -0.05) is 146 Å². The monoisotopic (exact) mass is 1660 g/mol. The topological polar surface area (TPSA) is 92.1 Å². The molecule has 0 aliphatic rings. The predicted molar refractivity (Wildman–Crippen MR) is 284 cm³/mol. The van der Waals surface area contributed by atoms with Crippen LogP contribution in [0.25, 0.3) is 56.4 Å². The van der Waals surface area contributed by atoms with Gasteiger partial charge in [-0.05, 0) is 96.2 Å². The van der Waals surface area contributed by atoms with Gasteiger partial charge in [0.2, 0.25) is 4.73 Å². The van der Waals surface area contributed by atoms with Gasteiger partial charge in [-0.2, -0.15) is 15.3 Å². The predicted octanol–water partition coefficient (Wildman–Crippen LogP) is 14.9. The summed E-state index contributed by atoms with van der Waals surface area (Å²) in [6.07, 6.45) is 3.03. The molecule has 0 unspecified atom stereocenters. The third kappa shape index (κ3) is 16.9. The van der Waals surface area contributed by atoms with E-state index in [1.54, 1.807) is 16.4 Å². The molecule has 9 aromatic rings. The van der Waals surface area contributed by atoms with E-state index in [0.717, 1.165) is 77.1 Å². The Morgan fingerprint density at radius 2 is 1.01 bits per heavy atom. The summed E-state index contributed by atoms with van der Waals surface area (Å²) in [5, 5.41) is 12.7. The van der Waals surface area contributed by atoms with Crippen molar-refractivity contribution in [3.05, 3.63) is 190 Å². The van der Waals surface area contributed by atoms with Gasteiger partial charge in [0.25, 0.3) is 0 Å². The standard InChI is InChI=1S/C35H34F2N3.C12H11BrF2N3.C12H12F2N3.3Ir/c1-34(2,3)28-11-7-24(8-12-28)26-17-23(18-27(19-26)25-9-13-29(14-10-25)35(4,5)6)21-40-33(38-22-39-40)31-16-15-30(36)20-32(31)37;1-7(2)6-18-11(16-12(13)17-18)9-4-3-8(14)5-10(9)15;1-3-4-11-15-12(17(2)16-11)9-6-5-8(13)7-10(9)14;;;/h7-15,17-20,22H,21H2,1-6H3;3,5,7H,6H2,1-2H3;5,7H,3-4H2,1-2H3;;;/q3*-1;;;. The number of nitrogens with zero attached hydrogens (tertiary/aromatic N) is 9. The average molecular weight is 1660 g/mol.